The van der Waals surface area contributed by atoms with Crippen LogP contribution in [0.5, 0.6) is 0 Å². The van der Waals surface area contributed by atoms with Crippen LogP contribution in [-0.4, -0.2) is 43.0 Å². The topological polar surface area (TPSA) is 6.48 Å². The van der Waals surface area contributed by atoms with E-state index in [-0.39, 0.29) is 5.82 Å². The van der Waals surface area contributed by atoms with E-state index in [0.717, 1.165) is 25.2 Å². The first kappa shape index (κ1) is 14.0. The largest absolute Gasteiger partial charge is 0.302 e. The lowest BCUT2D eigenvalue weighted by atomic mass is 10.2. The third-order valence-corrected chi connectivity index (χ3v) is 4.36. The lowest BCUT2D eigenvalue weighted by Gasteiger charge is -2.21. The fourth-order valence-electron chi connectivity index (χ4n) is 2.36. The van der Waals surface area contributed by atoms with Crippen LogP contribution in [0.2, 0.25) is 0 Å². The molecule has 1 saturated heterocycles. The first-order chi connectivity index (χ1) is 8.66. The Morgan fingerprint density at radius 2 is 2.06 bits per heavy atom. The van der Waals surface area contributed by atoms with Gasteiger partial charge in [0.25, 0.3) is 0 Å². The van der Waals surface area contributed by atoms with Gasteiger partial charge in [0.2, 0.25) is 0 Å². The molecule has 1 aliphatic heterocycles. The summed E-state index contributed by atoms with van der Waals surface area (Å²) in [6.45, 7) is 5.40. The van der Waals surface area contributed by atoms with Crippen LogP contribution < -0.4 is 0 Å². The molecule has 0 radical (unpaired) electrons. The molecule has 0 unspecified atom stereocenters. The number of rotatable bonds is 5. The minimum Gasteiger partial charge on any atom is -0.302 e. The Morgan fingerprint density at radius 3 is 2.78 bits per heavy atom. The second kappa shape index (κ2) is 6.64. The second-order valence-corrected chi connectivity index (χ2v) is 5.79. The van der Waals surface area contributed by atoms with Crippen LogP contribution in [-0.2, 0) is 6.54 Å². The van der Waals surface area contributed by atoms with Crippen LogP contribution >= 0.6 is 15.9 Å². The van der Waals surface area contributed by atoms with Gasteiger partial charge in [0.15, 0.2) is 0 Å². The van der Waals surface area contributed by atoms with E-state index in [1.54, 1.807) is 6.07 Å². The molecule has 0 amide bonds. The number of nitrogens with zero attached hydrogens (tertiary/aromatic N) is 2. The standard InChI is InChI=1S/C14H20BrFN2/c1-17(9-10-18-7-2-3-8-18)11-12-5-4-6-13(16)14(12)15/h4-6H,2-3,7-11H2,1H3. The highest BCUT2D eigenvalue weighted by atomic mass is 79.9. The van der Waals surface area contributed by atoms with Gasteiger partial charge in [0.1, 0.15) is 5.82 Å². The molecule has 4 heteroatoms. The molecule has 18 heavy (non-hydrogen) atoms. The van der Waals surface area contributed by atoms with Gasteiger partial charge in [-0.1, -0.05) is 12.1 Å². The van der Waals surface area contributed by atoms with Crippen LogP contribution in [0.1, 0.15) is 18.4 Å². The molecule has 0 aromatic heterocycles. The summed E-state index contributed by atoms with van der Waals surface area (Å²) in [4.78, 5) is 4.75. The van der Waals surface area contributed by atoms with Gasteiger partial charge in [0.05, 0.1) is 4.47 Å². The molecule has 100 valence electrons. The molecule has 1 fully saturated rings. The maximum absolute atomic E-state index is 13.4. The first-order valence-corrected chi connectivity index (χ1v) is 7.30. The van der Waals surface area contributed by atoms with Crippen molar-refractivity contribution in [2.45, 2.75) is 19.4 Å². The first-order valence-electron chi connectivity index (χ1n) is 6.50. The van der Waals surface area contributed by atoms with Crippen molar-refractivity contribution in [2.24, 2.45) is 0 Å². The maximum atomic E-state index is 13.4. The predicted molar refractivity (Wildman–Crippen MR) is 76.1 cm³/mol. The average molecular weight is 315 g/mol. The smallest absolute Gasteiger partial charge is 0.137 e. The van der Waals surface area contributed by atoms with E-state index in [1.807, 2.05) is 6.07 Å². The monoisotopic (exact) mass is 314 g/mol. The summed E-state index contributed by atoms with van der Waals surface area (Å²) in [7, 11) is 2.09. The zero-order valence-corrected chi connectivity index (χ0v) is 12.4. The van der Waals surface area contributed by atoms with E-state index in [2.05, 4.69) is 32.8 Å². The van der Waals surface area contributed by atoms with Crippen molar-refractivity contribution in [3.05, 3.63) is 34.1 Å². The predicted octanol–water partition coefficient (Wildman–Crippen LogP) is 3.12. The van der Waals surface area contributed by atoms with Crippen molar-refractivity contribution >= 4 is 15.9 Å². The highest BCUT2D eigenvalue weighted by molar-refractivity contribution is 9.10. The van der Waals surface area contributed by atoms with Gasteiger partial charge >= 0.3 is 0 Å². The molecule has 0 N–H and O–H groups in total. The number of hydrogen-bond donors (Lipinski definition) is 0. The lowest BCUT2D eigenvalue weighted by molar-refractivity contribution is 0.252. The molecule has 0 spiro atoms. The number of likely N-dealkylation sites (N-methyl/N-ethyl adjacent to an activating group) is 1. The van der Waals surface area contributed by atoms with Crippen LogP contribution in [0.25, 0.3) is 0 Å². The number of halogens is 2. The van der Waals surface area contributed by atoms with Crippen molar-refractivity contribution in [1.82, 2.24) is 9.80 Å². The van der Waals surface area contributed by atoms with Gasteiger partial charge in [-0.2, -0.15) is 0 Å². The van der Waals surface area contributed by atoms with Gasteiger partial charge < -0.3 is 9.80 Å². The van der Waals surface area contributed by atoms with Crippen molar-refractivity contribution in [1.29, 1.82) is 0 Å². The molecule has 1 aromatic rings. The normalized spacial score (nSPS) is 16.7. The van der Waals surface area contributed by atoms with E-state index >= 15 is 0 Å². The SMILES string of the molecule is CN(CCN1CCCC1)Cc1cccc(F)c1Br. The molecule has 2 rings (SSSR count). The zero-order valence-electron chi connectivity index (χ0n) is 10.8. The third kappa shape index (κ3) is 3.77. The minimum atomic E-state index is -0.180. The van der Waals surface area contributed by atoms with Crippen LogP contribution in [0.4, 0.5) is 4.39 Å². The number of likely N-dealkylation sites (tertiary alicyclic amines) is 1. The Hall–Kier alpha value is -0.450. The molecular weight excluding hydrogens is 295 g/mol. The quantitative estimate of drug-likeness (QED) is 0.824. The van der Waals surface area contributed by atoms with E-state index in [4.69, 9.17) is 0 Å². The van der Waals surface area contributed by atoms with Gasteiger partial charge in [-0.3, -0.25) is 0 Å². The summed E-state index contributed by atoms with van der Waals surface area (Å²) >= 11 is 3.31. The van der Waals surface area contributed by atoms with E-state index in [0.29, 0.717) is 4.47 Å². The minimum absolute atomic E-state index is 0.180. The summed E-state index contributed by atoms with van der Waals surface area (Å²) in [6, 6.07) is 5.22. The summed E-state index contributed by atoms with van der Waals surface area (Å²) in [5.41, 5.74) is 1.01. The molecule has 0 aliphatic carbocycles. The second-order valence-electron chi connectivity index (χ2n) is 5.00. The lowest BCUT2D eigenvalue weighted by Crippen LogP contribution is -2.31. The molecule has 0 saturated carbocycles. The summed E-state index contributed by atoms with van der Waals surface area (Å²) < 4.78 is 14.0. The molecule has 1 aromatic carbocycles. The van der Waals surface area contributed by atoms with E-state index in [9.17, 15) is 4.39 Å². The van der Waals surface area contributed by atoms with Gasteiger partial charge in [-0.25, -0.2) is 4.39 Å². The summed E-state index contributed by atoms with van der Waals surface area (Å²) in [5, 5.41) is 0. The Kier molecular flexibility index (Phi) is 5.15. The van der Waals surface area contributed by atoms with E-state index < -0.39 is 0 Å². The fraction of sp³-hybridized carbons (Fsp3) is 0.571. The van der Waals surface area contributed by atoms with Crippen molar-refractivity contribution in [3.63, 3.8) is 0 Å². The van der Waals surface area contributed by atoms with Crippen molar-refractivity contribution < 1.29 is 4.39 Å². The summed E-state index contributed by atoms with van der Waals surface area (Å²) in [6.07, 6.45) is 2.66. The summed E-state index contributed by atoms with van der Waals surface area (Å²) in [5.74, 6) is -0.180. The Labute approximate surface area is 117 Å². The maximum Gasteiger partial charge on any atom is 0.137 e. The molecule has 1 heterocycles. The van der Waals surface area contributed by atoms with Gasteiger partial charge in [-0.05, 0) is 60.5 Å². The number of hydrogen-bond acceptors (Lipinski definition) is 2. The van der Waals surface area contributed by atoms with Crippen LogP contribution in [0, 0.1) is 5.82 Å². The highest BCUT2D eigenvalue weighted by Gasteiger charge is 2.12. The van der Waals surface area contributed by atoms with E-state index in [1.165, 1.54) is 32.0 Å². The molecule has 1 aliphatic rings. The Balaban J connectivity index is 1.82. The highest BCUT2D eigenvalue weighted by Crippen LogP contribution is 2.21. The molecule has 0 atom stereocenters. The fourth-order valence-corrected chi connectivity index (χ4v) is 2.75. The van der Waals surface area contributed by atoms with Gasteiger partial charge in [-0.15, -0.1) is 0 Å². The third-order valence-electron chi connectivity index (χ3n) is 3.47. The molecule has 2 nitrogen and oxygen atoms in total. The van der Waals surface area contributed by atoms with Crippen molar-refractivity contribution in [2.75, 3.05) is 33.2 Å². The average Bonchev–Trinajstić information content (AvgIpc) is 2.86. The van der Waals surface area contributed by atoms with Crippen molar-refractivity contribution in [3.8, 4) is 0 Å². The Bertz CT molecular complexity index is 391. The Morgan fingerprint density at radius 1 is 1.33 bits per heavy atom. The number of benzene rings is 1. The molecule has 0 bridgehead atoms. The zero-order chi connectivity index (χ0) is 13.0. The van der Waals surface area contributed by atoms with Crippen LogP contribution in [0.3, 0.4) is 0 Å². The molecular formula is C14H20BrFN2. The van der Waals surface area contributed by atoms with Gasteiger partial charge in [0, 0.05) is 19.6 Å². The van der Waals surface area contributed by atoms with Crippen LogP contribution in [0.15, 0.2) is 22.7 Å².